The highest BCUT2D eigenvalue weighted by molar-refractivity contribution is 5.93. The summed E-state index contributed by atoms with van der Waals surface area (Å²) in [5.41, 5.74) is 2.72. The minimum atomic E-state index is -0.509. The number of fused-ring (bicyclic) bond motifs is 6. The highest BCUT2D eigenvalue weighted by atomic mass is 16.5. The zero-order chi connectivity index (χ0) is 31.3. The Bertz CT molecular complexity index is 1710. The molecule has 2 aliphatic heterocycles. The average Bonchev–Trinajstić information content (AvgIpc) is 3.49. The van der Waals surface area contributed by atoms with E-state index in [2.05, 4.69) is 15.4 Å². The molecular formula is C33H36N6O6. The zero-order valence-electron chi connectivity index (χ0n) is 25.3. The van der Waals surface area contributed by atoms with Crippen LogP contribution in [0, 0.1) is 0 Å². The van der Waals surface area contributed by atoms with Crippen molar-refractivity contribution in [1.29, 1.82) is 0 Å². The molecule has 2 aromatic carbocycles. The Morgan fingerprint density at radius 1 is 1.09 bits per heavy atom. The van der Waals surface area contributed by atoms with Crippen molar-refractivity contribution in [2.24, 2.45) is 0 Å². The quantitative estimate of drug-likeness (QED) is 0.374. The van der Waals surface area contributed by atoms with E-state index < -0.39 is 6.10 Å². The minimum Gasteiger partial charge on any atom is -0.493 e. The first-order valence-corrected chi connectivity index (χ1v) is 15.1. The number of likely N-dealkylation sites (N-methyl/N-ethyl adjacent to an activating group) is 1. The zero-order valence-corrected chi connectivity index (χ0v) is 25.3. The number of likely N-dealkylation sites (tertiary alicyclic amines) is 1. The maximum Gasteiger partial charge on any atom is 0.274 e. The van der Waals surface area contributed by atoms with Crippen LogP contribution in [0.3, 0.4) is 0 Å². The van der Waals surface area contributed by atoms with Crippen molar-refractivity contribution >= 4 is 23.4 Å². The fraction of sp³-hybridized carbons (Fsp3) is 0.364. The van der Waals surface area contributed by atoms with E-state index in [0.29, 0.717) is 54.5 Å². The molecule has 0 unspecified atom stereocenters. The smallest absolute Gasteiger partial charge is 0.274 e. The van der Waals surface area contributed by atoms with Crippen LogP contribution in [-0.4, -0.2) is 87.6 Å². The lowest BCUT2D eigenvalue weighted by molar-refractivity contribution is -0.136. The van der Waals surface area contributed by atoms with Crippen molar-refractivity contribution in [3.05, 3.63) is 83.8 Å². The summed E-state index contributed by atoms with van der Waals surface area (Å²) < 4.78 is 19.7. The summed E-state index contributed by atoms with van der Waals surface area (Å²) in [6.07, 6.45) is 3.83. The SMILES string of the molecule is CCN1CC(=O)N[C@H]2CCN(C(=O)c3cnc4cccnn34)C[C@@H]2OCc2cccc(c2)Oc2cc(ccc2OC)CCC1=O. The van der Waals surface area contributed by atoms with Gasteiger partial charge in [0.05, 0.1) is 38.6 Å². The topological polar surface area (TPSA) is 128 Å². The number of imidazole rings is 1. The standard InChI is InChI=1S/C33H36N6O6/c1-3-37-20-31(40)36-25-13-15-38(33(42)26-18-34-30-8-5-14-35-39(26)30)19-29(25)44-21-23-6-4-7-24(16-23)45-28-17-22(10-12-32(37)41)9-11-27(28)43-2/h4-9,11,14,16-18,25,29H,3,10,12-13,15,19-21H2,1-2H3,(H,36,40)/t25-,29-/m0/s1. The van der Waals surface area contributed by atoms with E-state index >= 15 is 0 Å². The van der Waals surface area contributed by atoms with E-state index in [1.54, 1.807) is 35.2 Å². The first kappa shape index (κ1) is 30.1. The second kappa shape index (κ2) is 13.3. The molecule has 1 saturated heterocycles. The van der Waals surface area contributed by atoms with E-state index in [4.69, 9.17) is 14.2 Å². The lowest BCUT2D eigenvalue weighted by atomic mass is 10.0. The maximum absolute atomic E-state index is 13.6. The number of nitrogens with zero attached hydrogens (tertiary/aromatic N) is 5. The molecule has 45 heavy (non-hydrogen) atoms. The Labute approximate surface area is 260 Å². The van der Waals surface area contributed by atoms with Gasteiger partial charge in [-0.1, -0.05) is 18.2 Å². The predicted octanol–water partition coefficient (Wildman–Crippen LogP) is 3.24. The summed E-state index contributed by atoms with van der Waals surface area (Å²) in [6.45, 7) is 3.08. The number of rotatable bonds is 3. The number of carbonyl (C=O) groups is 3. The number of ether oxygens (including phenoxy) is 3. The normalized spacial score (nSPS) is 19.6. The van der Waals surface area contributed by atoms with Gasteiger partial charge in [-0.05, 0) is 67.3 Å². The molecule has 0 spiro atoms. The second-order valence-electron chi connectivity index (χ2n) is 11.1. The van der Waals surface area contributed by atoms with Gasteiger partial charge in [-0.25, -0.2) is 9.50 Å². The van der Waals surface area contributed by atoms with Crippen LogP contribution in [0.15, 0.2) is 67.0 Å². The summed E-state index contributed by atoms with van der Waals surface area (Å²) in [6, 6.07) is 16.4. The fourth-order valence-electron chi connectivity index (χ4n) is 5.77. The van der Waals surface area contributed by atoms with E-state index in [1.807, 2.05) is 49.4 Å². The summed E-state index contributed by atoms with van der Waals surface area (Å²) in [4.78, 5) is 47.6. The van der Waals surface area contributed by atoms with Crippen molar-refractivity contribution < 1.29 is 28.6 Å². The van der Waals surface area contributed by atoms with Gasteiger partial charge >= 0.3 is 0 Å². The van der Waals surface area contributed by atoms with Crippen LogP contribution in [0.1, 0.15) is 41.4 Å². The number of aromatic nitrogens is 3. The molecule has 0 aliphatic carbocycles. The largest absolute Gasteiger partial charge is 0.493 e. The first-order valence-electron chi connectivity index (χ1n) is 15.1. The fourth-order valence-corrected chi connectivity index (χ4v) is 5.77. The lowest BCUT2D eigenvalue weighted by Crippen LogP contribution is -2.57. The number of nitrogens with one attached hydrogen (secondary N) is 1. The summed E-state index contributed by atoms with van der Waals surface area (Å²) in [5.74, 6) is 1.11. The van der Waals surface area contributed by atoms with E-state index in [9.17, 15) is 14.4 Å². The molecule has 0 saturated carbocycles. The Kier molecular flexibility index (Phi) is 8.92. The molecule has 2 aliphatic rings. The van der Waals surface area contributed by atoms with Crippen LogP contribution in [0.4, 0.5) is 0 Å². The van der Waals surface area contributed by atoms with Gasteiger partial charge in [0.25, 0.3) is 5.91 Å². The van der Waals surface area contributed by atoms with E-state index in [1.165, 1.54) is 10.7 Å². The summed E-state index contributed by atoms with van der Waals surface area (Å²) in [5, 5.41) is 7.37. The highest BCUT2D eigenvalue weighted by Crippen LogP contribution is 2.33. The van der Waals surface area contributed by atoms with Crippen molar-refractivity contribution in [3.8, 4) is 17.2 Å². The molecular weight excluding hydrogens is 576 g/mol. The number of carbonyl (C=O) groups excluding carboxylic acids is 3. The van der Waals surface area contributed by atoms with Crippen molar-refractivity contribution in [1.82, 2.24) is 29.7 Å². The molecule has 4 aromatic rings. The molecule has 12 nitrogen and oxygen atoms in total. The molecule has 1 fully saturated rings. The molecule has 3 amide bonds. The Morgan fingerprint density at radius 2 is 1.98 bits per heavy atom. The third-order valence-electron chi connectivity index (χ3n) is 8.20. The molecule has 2 aromatic heterocycles. The lowest BCUT2D eigenvalue weighted by Gasteiger charge is -2.38. The molecule has 0 radical (unpaired) electrons. The van der Waals surface area contributed by atoms with Gasteiger partial charge in [0, 0.05) is 32.3 Å². The number of aryl methyl sites for hydroxylation is 1. The number of hydrogen-bond donors (Lipinski definition) is 1. The third-order valence-corrected chi connectivity index (χ3v) is 8.20. The van der Waals surface area contributed by atoms with Crippen LogP contribution < -0.4 is 14.8 Å². The Morgan fingerprint density at radius 3 is 2.82 bits per heavy atom. The number of amides is 3. The van der Waals surface area contributed by atoms with Gasteiger partial charge in [-0.15, -0.1) is 0 Å². The number of methoxy groups -OCH3 is 1. The van der Waals surface area contributed by atoms with Crippen molar-refractivity contribution in [3.63, 3.8) is 0 Å². The minimum absolute atomic E-state index is 0.0618. The molecule has 12 heteroatoms. The van der Waals surface area contributed by atoms with Crippen molar-refractivity contribution in [2.45, 2.75) is 44.9 Å². The molecule has 1 N–H and O–H groups in total. The summed E-state index contributed by atoms with van der Waals surface area (Å²) in [7, 11) is 1.58. The second-order valence-corrected chi connectivity index (χ2v) is 11.1. The van der Waals surface area contributed by atoms with Gasteiger partial charge in [-0.2, -0.15) is 5.10 Å². The number of hydrogen-bond acceptors (Lipinski definition) is 8. The molecule has 4 heterocycles. The van der Waals surface area contributed by atoms with Crippen LogP contribution in [0.5, 0.6) is 17.2 Å². The highest BCUT2D eigenvalue weighted by Gasteiger charge is 2.35. The van der Waals surface area contributed by atoms with Crippen LogP contribution in [0.2, 0.25) is 0 Å². The third kappa shape index (κ3) is 6.75. The van der Waals surface area contributed by atoms with Crippen LogP contribution in [-0.2, 0) is 27.4 Å². The summed E-state index contributed by atoms with van der Waals surface area (Å²) >= 11 is 0. The Hall–Kier alpha value is -4.97. The Balaban J connectivity index is 1.27. The first-order chi connectivity index (χ1) is 21.9. The average molecular weight is 613 g/mol. The van der Waals surface area contributed by atoms with Gasteiger partial charge < -0.3 is 29.3 Å². The van der Waals surface area contributed by atoms with Crippen LogP contribution >= 0.6 is 0 Å². The molecule has 6 rings (SSSR count). The molecule has 234 valence electrons. The van der Waals surface area contributed by atoms with Gasteiger partial charge in [0.1, 0.15) is 5.75 Å². The predicted molar refractivity (Wildman–Crippen MR) is 164 cm³/mol. The van der Waals surface area contributed by atoms with E-state index in [0.717, 1.165) is 11.1 Å². The van der Waals surface area contributed by atoms with Crippen molar-refractivity contribution in [2.75, 3.05) is 33.3 Å². The monoisotopic (exact) mass is 612 g/mol. The number of piperidine rings is 1. The van der Waals surface area contributed by atoms with Gasteiger partial charge in [-0.3, -0.25) is 14.4 Å². The van der Waals surface area contributed by atoms with Crippen LogP contribution in [0.25, 0.3) is 5.65 Å². The van der Waals surface area contributed by atoms with Gasteiger partial charge in [0.2, 0.25) is 11.8 Å². The molecule has 4 bridgehead atoms. The maximum atomic E-state index is 13.6. The van der Waals surface area contributed by atoms with Gasteiger partial charge in [0.15, 0.2) is 22.8 Å². The number of benzene rings is 2. The molecule has 2 atom stereocenters. The van der Waals surface area contributed by atoms with E-state index in [-0.39, 0.29) is 49.9 Å².